The summed E-state index contributed by atoms with van der Waals surface area (Å²) in [6.07, 6.45) is 0.905. The van der Waals surface area contributed by atoms with Crippen molar-refractivity contribution < 1.29 is 9.59 Å². The number of thioether (sulfide) groups is 1. The maximum Gasteiger partial charge on any atom is 0.272 e. The van der Waals surface area contributed by atoms with Crippen LogP contribution in [-0.4, -0.2) is 11.8 Å². The number of rotatable bonds is 4. The van der Waals surface area contributed by atoms with Crippen LogP contribution < -0.4 is 10.2 Å². The Kier molecular flexibility index (Phi) is 5.59. The highest BCUT2D eigenvalue weighted by Crippen LogP contribution is 2.48. The minimum absolute atomic E-state index is 0.258. The summed E-state index contributed by atoms with van der Waals surface area (Å²) in [4.78, 5) is 30.1. The number of carbonyl (C=O) groups is 2. The van der Waals surface area contributed by atoms with Crippen molar-refractivity contribution in [1.29, 1.82) is 0 Å². The van der Waals surface area contributed by atoms with Gasteiger partial charge in [0.2, 0.25) is 0 Å². The second-order valence-electron chi connectivity index (χ2n) is 8.71. The number of fused-ring (bicyclic) bond motifs is 1. The van der Waals surface area contributed by atoms with E-state index < -0.39 is 6.04 Å². The van der Waals surface area contributed by atoms with Crippen molar-refractivity contribution in [2.24, 2.45) is 0 Å². The molecular weight excluding hydrogens is 428 g/mol. The number of nitrogens with one attached hydrogen (secondary N) is 1. The normalized spacial score (nSPS) is 17.7. The lowest BCUT2D eigenvalue weighted by molar-refractivity contribution is -0.120. The summed E-state index contributed by atoms with van der Waals surface area (Å²) in [6.45, 7) is 6.40. The van der Waals surface area contributed by atoms with Crippen LogP contribution in [0.4, 0.5) is 11.4 Å². The van der Waals surface area contributed by atoms with Crippen LogP contribution in [0.1, 0.15) is 49.4 Å². The molecule has 3 aromatic rings. The van der Waals surface area contributed by atoms with Gasteiger partial charge in [-0.25, -0.2) is 4.90 Å². The third kappa shape index (κ3) is 3.76. The standard InChI is InChI=1S/C28H26N2O2S/c1-4-18-9-15-21(16-10-18)30-27(31)24-25(20-13-11-19(12-14-20)17(2)3)29-22-7-5-6-8-23(22)33-26(24)28(30)32/h5-17,25,29H,4H2,1-3H3/t25-/m1/s1. The van der Waals surface area contributed by atoms with Crippen LogP contribution in [0.25, 0.3) is 0 Å². The number of para-hydroxylation sites is 1. The number of hydrogen-bond donors (Lipinski definition) is 1. The van der Waals surface area contributed by atoms with Gasteiger partial charge in [0.15, 0.2) is 0 Å². The zero-order chi connectivity index (χ0) is 23.1. The van der Waals surface area contributed by atoms with Gasteiger partial charge in [0, 0.05) is 10.6 Å². The molecule has 0 aromatic heterocycles. The molecular formula is C28H26N2O2S. The summed E-state index contributed by atoms with van der Waals surface area (Å²) >= 11 is 1.38. The summed E-state index contributed by atoms with van der Waals surface area (Å²) in [5.74, 6) is -0.0972. The number of imide groups is 1. The molecule has 4 nitrogen and oxygen atoms in total. The van der Waals surface area contributed by atoms with E-state index in [1.54, 1.807) is 0 Å². The van der Waals surface area contributed by atoms with Gasteiger partial charge in [-0.1, -0.05) is 81.1 Å². The molecule has 2 heterocycles. The molecule has 0 saturated heterocycles. The summed E-state index contributed by atoms with van der Waals surface area (Å²) in [7, 11) is 0. The van der Waals surface area contributed by atoms with Crippen LogP contribution >= 0.6 is 11.8 Å². The molecule has 0 saturated carbocycles. The third-order valence-electron chi connectivity index (χ3n) is 6.30. The maximum atomic E-state index is 13.8. The number of amides is 2. The van der Waals surface area contributed by atoms with E-state index in [9.17, 15) is 9.59 Å². The lowest BCUT2D eigenvalue weighted by Gasteiger charge is -2.23. The zero-order valence-corrected chi connectivity index (χ0v) is 19.8. The first kappa shape index (κ1) is 21.5. The first-order chi connectivity index (χ1) is 16.0. The van der Waals surface area contributed by atoms with Crippen molar-refractivity contribution in [3.8, 4) is 0 Å². The average Bonchev–Trinajstić information content (AvgIpc) is 2.98. The second kappa shape index (κ2) is 8.56. The van der Waals surface area contributed by atoms with Crippen LogP contribution in [0.2, 0.25) is 0 Å². The zero-order valence-electron chi connectivity index (χ0n) is 19.0. The Labute approximate surface area is 198 Å². The SMILES string of the molecule is CCc1ccc(N2C(=O)C3=C(C2=O)[C@@H](c2ccc(C(C)C)cc2)Nc2ccccc2S3)cc1. The van der Waals surface area contributed by atoms with Gasteiger partial charge >= 0.3 is 0 Å². The van der Waals surface area contributed by atoms with Crippen molar-refractivity contribution >= 4 is 35.0 Å². The Morgan fingerprint density at radius 1 is 0.909 bits per heavy atom. The van der Waals surface area contributed by atoms with E-state index in [0.717, 1.165) is 22.6 Å². The van der Waals surface area contributed by atoms with Crippen molar-refractivity contribution in [3.63, 3.8) is 0 Å². The molecule has 166 valence electrons. The molecule has 1 N–H and O–H groups in total. The van der Waals surface area contributed by atoms with Crippen LogP contribution in [-0.2, 0) is 16.0 Å². The van der Waals surface area contributed by atoms with Crippen LogP contribution in [0.3, 0.4) is 0 Å². The number of aryl methyl sites for hydroxylation is 1. The molecule has 0 aliphatic carbocycles. The van der Waals surface area contributed by atoms with Gasteiger partial charge in [-0.15, -0.1) is 0 Å². The number of anilines is 2. The largest absolute Gasteiger partial charge is 0.373 e. The van der Waals surface area contributed by atoms with Gasteiger partial charge in [0.05, 0.1) is 22.2 Å². The first-order valence-corrected chi connectivity index (χ1v) is 12.1. The van der Waals surface area contributed by atoms with E-state index in [4.69, 9.17) is 0 Å². The lowest BCUT2D eigenvalue weighted by Crippen LogP contribution is -2.33. The molecule has 0 bridgehead atoms. The van der Waals surface area contributed by atoms with E-state index >= 15 is 0 Å². The highest BCUT2D eigenvalue weighted by atomic mass is 32.2. The fraction of sp³-hybridized carbons (Fsp3) is 0.214. The van der Waals surface area contributed by atoms with Gasteiger partial charge in [-0.2, -0.15) is 0 Å². The maximum absolute atomic E-state index is 13.8. The quantitative estimate of drug-likeness (QED) is 0.460. The molecule has 5 rings (SSSR count). The fourth-order valence-corrected chi connectivity index (χ4v) is 5.43. The van der Waals surface area contributed by atoms with Crippen LogP contribution in [0, 0.1) is 0 Å². The fourth-order valence-electron chi connectivity index (χ4n) is 4.33. The Bertz CT molecular complexity index is 1260. The Balaban J connectivity index is 1.61. The van der Waals surface area contributed by atoms with E-state index in [-0.39, 0.29) is 11.8 Å². The van der Waals surface area contributed by atoms with Crippen molar-refractivity contribution in [1.82, 2.24) is 0 Å². The van der Waals surface area contributed by atoms with Gasteiger partial charge in [-0.05, 0) is 53.3 Å². The van der Waals surface area contributed by atoms with Gasteiger partial charge in [0.25, 0.3) is 11.8 Å². The minimum Gasteiger partial charge on any atom is -0.373 e. The number of carbonyl (C=O) groups excluding carboxylic acids is 2. The minimum atomic E-state index is -0.409. The molecule has 3 aromatic carbocycles. The molecule has 0 unspecified atom stereocenters. The first-order valence-electron chi connectivity index (χ1n) is 11.3. The molecule has 0 radical (unpaired) electrons. The molecule has 33 heavy (non-hydrogen) atoms. The van der Waals surface area contributed by atoms with E-state index in [1.165, 1.54) is 27.8 Å². The Morgan fingerprint density at radius 3 is 2.27 bits per heavy atom. The predicted molar refractivity (Wildman–Crippen MR) is 135 cm³/mol. The molecule has 2 amide bonds. The highest BCUT2D eigenvalue weighted by Gasteiger charge is 2.45. The molecule has 1 atom stereocenters. The van der Waals surface area contributed by atoms with Gasteiger partial charge in [0.1, 0.15) is 0 Å². The summed E-state index contributed by atoms with van der Waals surface area (Å²) in [6, 6.07) is 23.5. The average molecular weight is 455 g/mol. The molecule has 2 aliphatic heterocycles. The summed E-state index contributed by atoms with van der Waals surface area (Å²) < 4.78 is 0. The van der Waals surface area contributed by atoms with E-state index in [0.29, 0.717) is 22.1 Å². The van der Waals surface area contributed by atoms with Crippen molar-refractivity contribution in [2.75, 3.05) is 10.2 Å². The van der Waals surface area contributed by atoms with Crippen molar-refractivity contribution in [2.45, 2.75) is 44.0 Å². The smallest absolute Gasteiger partial charge is 0.272 e. The Hall–Kier alpha value is -3.31. The second-order valence-corrected chi connectivity index (χ2v) is 9.76. The predicted octanol–water partition coefficient (Wildman–Crippen LogP) is 6.46. The number of hydrogen-bond acceptors (Lipinski definition) is 4. The third-order valence-corrected chi connectivity index (χ3v) is 7.48. The summed E-state index contributed by atoms with van der Waals surface area (Å²) in [5, 5.41) is 3.56. The number of nitrogens with zero attached hydrogens (tertiary/aromatic N) is 1. The Morgan fingerprint density at radius 2 is 1.61 bits per heavy atom. The van der Waals surface area contributed by atoms with Crippen LogP contribution in [0.5, 0.6) is 0 Å². The molecule has 5 heteroatoms. The lowest BCUT2D eigenvalue weighted by atomic mass is 9.94. The highest BCUT2D eigenvalue weighted by molar-refractivity contribution is 8.04. The van der Waals surface area contributed by atoms with E-state index in [2.05, 4.69) is 50.4 Å². The van der Waals surface area contributed by atoms with Crippen LogP contribution in [0.15, 0.2) is 88.2 Å². The van der Waals surface area contributed by atoms with Crippen molar-refractivity contribution in [3.05, 3.63) is 100.0 Å². The molecule has 0 fully saturated rings. The van der Waals surface area contributed by atoms with E-state index in [1.807, 2.05) is 48.5 Å². The molecule has 0 spiro atoms. The summed E-state index contributed by atoms with van der Waals surface area (Å²) in [5.41, 5.74) is 5.42. The van der Waals surface area contributed by atoms with Gasteiger partial charge < -0.3 is 5.32 Å². The molecule has 2 aliphatic rings. The topological polar surface area (TPSA) is 49.4 Å². The number of benzene rings is 3. The van der Waals surface area contributed by atoms with Gasteiger partial charge in [-0.3, -0.25) is 9.59 Å². The monoisotopic (exact) mass is 454 g/mol.